The maximum absolute atomic E-state index is 11.7. The first-order chi connectivity index (χ1) is 8.28. The first-order valence-electron chi connectivity index (χ1n) is 7.06. The Morgan fingerprint density at radius 2 is 1.83 bits per heavy atom. The van der Waals surface area contributed by atoms with Crippen LogP contribution in [0.2, 0.25) is 0 Å². The third-order valence-electron chi connectivity index (χ3n) is 3.33. The summed E-state index contributed by atoms with van der Waals surface area (Å²) in [5, 5.41) is 6.34. The summed E-state index contributed by atoms with van der Waals surface area (Å²) in [4.78, 5) is 14.2. The summed E-state index contributed by atoms with van der Waals surface area (Å²) >= 11 is 0. The molecule has 0 atom stereocenters. The quantitative estimate of drug-likeness (QED) is 0.797. The van der Waals surface area contributed by atoms with Gasteiger partial charge in [0.15, 0.2) is 0 Å². The van der Waals surface area contributed by atoms with E-state index >= 15 is 0 Å². The van der Waals surface area contributed by atoms with Crippen LogP contribution in [-0.4, -0.2) is 48.1 Å². The lowest BCUT2D eigenvalue weighted by atomic mass is 10.0. The number of hydrogen-bond donors (Lipinski definition) is 2. The van der Waals surface area contributed by atoms with Crippen LogP contribution in [0.25, 0.3) is 0 Å². The standard InChI is InChI=1S/C14H29N3O/c1-11(2)17-8-6-12(7-9-17)15-10-13(18)16-14(3,4)5/h11-12,15H,6-10H2,1-5H3,(H,16,18). The van der Waals surface area contributed by atoms with Crippen molar-refractivity contribution >= 4 is 5.91 Å². The normalized spacial score (nSPS) is 19.2. The summed E-state index contributed by atoms with van der Waals surface area (Å²) < 4.78 is 0. The van der Waals surface area contributed by atoms with E-state index < -0.39 is 0 Å². The molecule has 1 aliphatic heterocycles. The first-order valence-corrected chi connectivity index (χ1v) is 7.06. The van der Waals surface area contributed by atoms with Crippen molar-refractivity contribution in [3.8, 4) is 0 Å². The predicted octanol–water partition coefficient (Wildman–Crippen LogP) is 1.36. The van der Waals surface area contributed by atoms with E-state index in [1.807, 2.05) is 20.8 Å². The van der Waals surface area contributed by atoms with Crippen LogP contribution in [0.3, 0.4) is 0 Å². The molecule has 0 bridgehead atoms. The van der Waals surface area contributed by atoms with Gasteiger partial charge in [-0.25, -0.2) is 0 Å². The summed E-state index contributed by atoms with van der Waals surface area (Å²) in [5.74, 6) is 0.0915. The average Bonchev–Trinajstić information content (AvgIpc) is 2.24. The van der Waals surface area contributed by atoms with Crippen LogP contribution in [0, 0.1) is 0 Å². The summed E-state index contributed by atoms with van der Waals surface area (Å²) in [7, 11) is 0. The molecule has 0 radical (unpaired) electrons. The molecule has 1 rings (SSSR count). The van der Waals surface area contributed by atoms with Crippen molar-refractivity contribution in [2.75, 3.05) is 19.6 Å². The van der Waals surface area contributed by atoms with Crippen molar-refractivity contribution in [3.63, 3.8) is 0 Å². The highest BCUT2D eigenvalue weighted by Crippen LogP contribution is 2.12. The molecule has 0 saturated carbocycles. The average molecular weight is 255 g/mol. The summed E-state index contributed by atoms with van der Waals surface area (Å²) in [5.41, 5.74) is -0.139. The van der Waals surface area contributed by atoms with Gasteiger partial charge in [0.25, 0.3) is 0 Å². The fourth-order valence-electron chi connectivity index (χ4n) is 2.32. The number of nitrogens with one attached hydrogen (secondary N) is 2. The van der Waals surface area contributed by atoms with Crippen molar-refractivity contribution < 1.29 is 4.79 Å². The van der Waals surface area contributed by atoms with Crippen LogP contribution < -0.4 is 10.6 Å². The lowest BCUT2D eigenvalue weighted by molar-refractivity contribution is -0.121. The van der Waals surface area contributed by atoms with Gasteiger partial charge in [-0.3, -0.25) is 4.79 Å². The van der Waals surface area contributed by atoms with Gasteiger partial charge >= 0.3 is 0 Å². The van der Waals surface area contributed by atoms with Gasteiger partial charge in [0, 0.05) is 17.6 Å². The Balaban J connectivity index is 2.20. The summed E-state index contributed by atoms with van der Waals surface area (Å²) in [6, 6.07) is 1.13. The number of amides is 1. The minimum absolute atomic E-state index is 0.0915. The van der Waals surface area contributed by atoms with E-state index in [1.54, 1.807) is 0 Å². The second-order valence-corrected chi connectivity index (χ2v) is 6.58. The molecule has 0 unspecified atom stereocenters. The number of hydrogen-bond acceptors (Lipinski definition) is 3. The van der Waals surface area contributed by atoms with E-state index in [0.29, 0.717) is 18.6 Å². The van der Waals surface area contributed by atoms with Crippen LogP contribution in [0.15, 0.2) is 0 Å². The van der Waals surface area contributed by atoms with Crippen LogP contribution in [0.5, 0.6) is 0 Å². The second kappa shape index (κ2) is 6.53. The number of piperidine rings is 1. The highest BCUT2D eigenvalue weighted by molar-refractivity contribution is 5.78. The molecule has 1 amide bonds. The number of carbonyl (C=O) groups excluding carboxylic acids is 1. The molecule has 1 heterocycles. The Kier molecular flexibility index (Phi) is 5.60. The Hall–Kier alpha value is -0.610. The smallest absolute Gasteiger partial charge is 0.234 e. The largest absolute Gasteiger partial charge is 0.350 e. The lowest BCUT2D eigenvalue weighted by Crippen LogP contribution is -2.49. The molecule has 1 saturated heterocycles. The molecule has 4 heteroatoms. The fraction of sp³-hybridized carbons (Fsp3) is 0.929. The number of rotatable bonds is 4. The molecule has 4 nitrogen and oxygen atoms in total. The molecule has 1 fully saturated rings. The molecule has 0 spiro atoms. The van der Waals surface area contributed by atoms with E-state index in [0.717, 1.165) is 25.9 Å². The minimum Gasteiger partial charge on any atom is -0.350 e. The number of likely N-dealkylation sites (tertiary alicyclic amines) is 1. The molecular weight excluding hydrogens is 226 g/mol. The Labute approximate surface area is 111 Å². The van der Waals surface area contributed by atoms with Gasteiger partial charge in [-0.2, -0.15) is 0 Å². The number of carbonyl (C=O) groups is 1. The van der Waals surface area contributed by atoms with Crippen LogP contribution in [-0.2, 0) is 4.79 Å². The van der Waals surface area contributed by atoms with Crippen LogP contribution >= 0.6 is 0 Å². The zero-order chi connectivity index (χ0) is 13.8. The Morgan fingerprint density at radius 1 is 1.28 bits per heavy atom. The van der Waals surface area contributed by atoms with Gasteiger partial charge in [-0.1, -0.05) is 0 Å². The third kappa shape index (κ3) is 5.83. The topological polar surface area (TPSA) is 44.4 Å². The predicted molar refractivity (Wildman–Crippen MR) is 75.6 cm³/mol. The summed E-state index contributed by atoms with van der Waals surface area (Å²) in [6.45, 7) is 13.2. The highest BCUT2D eigenvalue weighted by atomic mass is 16.2. The third-order valence-corrected chi connectivity index (χ3v) is 3.33. The van der Waals surface area contributed by atoms with Crippen molar-refractivity contribution in [2.24, 2.45) is 0 Å². The molecule has 0 aliphatic carbocycles. The molecule has 18 heavy (non-hydrogen) atoms. The van der Waals surface area contributed by atoms with Gasteiger partial charge in [0.1, 0.15) is 0 Å². The maximum Gasteiger partial charge on any atom is 0.234 e. The van der Waals surface area contributed by atoms with E-state index in [1.165, 1.54) is 0 Å². The van der Waals surface area contributed by atoms with E-state index in [2.05, 4.69) is 29.4 Å². The molecule has 1 aliphatic rings. The summed E-state index contributed by atoms with van der Waals surface area (Å²) in [6.07, 6.45) is 2.28. The minimum atomic E-state index is -0.139. The van der Waals surface area contributed by atoms with Crippen molar-refractivity contribution in [1.29, 1.82) is 0 Å². The zero-order valence-corrected chi connectivity index (χ0v) is 12.5. The Bertz CT molecular complexity index is 263. The van der Waals surface area contributed by atoms with E-state index in [9.17, 15) is 4.79 Å². The number of nitrogens with zero attached hydrogens (tertiary/aromatic N) is 1. The lowest BCUT2D eigenvalue weighted by Gasteiger charge is -2.35. The fourth-order valence-corrected chi connectivity index (χ4v) is 2.32. The van der Waals surface area contributed by atoms with E-state index in [-0.39, 0.29) is 11.4 Å². The molecular formula is C14H29N3O. The molecule has 2 N–H and O–H groups in total. The SMILES string of the molecule is CC(C)N1CCC(NCC(=O)NC(C)(C)C)CC1. The van der Waals surface area contributed by atoms with Crippen molar-refractivity contribution in [3.05, 3.63) is 0 Å². The van der Waals surface area contributed by atoms with Crippen LogP contribution in [0.1, 0.15) is 47.5 Å². The highest BCUT2D eigenvalue weighted by Gasteiger charge is 2.21. The van der Waals surface area contributed by atoms with Gasteiger partial charge in [0.05, 0.1) is 6.54 Å². The Morgan fingerprint density at radius 3 is 2.28 bits per heavy atom. The van der Waals surface area contributed by atoms with Gasteiger partial charge in [-0.15, -0.1) is 0 Å². The second-order valence-electron chi connectivity index (χ2n) is 6.58. The van der Waals surface area contributed by atoms with E-state index in [4.69, 9.17) is 0 Å². The molecule has 0 aromatic carbocycles. The van der Waals surface area contributed by atoms with Crippen LogP contribution in [0.4, 0.5) is 0 Å². The molecule has 0 aromatic heterocycles. The van der Waals surface area contributed by atoms with Crippen molar-refractivity contribution in [1.82, 2.24) is 15.5 Å². The molecule has 0 aromatic rings. The zero-order valence-electron chi connectivity index (χ0n) is 12.5. The maximum atomic E-state index is 11.7. The van der Waals surface area contributed by atoms with Gasteiger partial charge < -0.3 is 15.5 Å². The first kappa shape index (κ1) is 15.4. The monoisotopic (exact) mass is 255 g/mol. The van der Waals surface area contributed by atoms with Crippen molar-refractivity contribution in [2.45, 2.75) is 65.1 Å². The van der Waals surface area contributed by atoms with Gasteiger partial charge in [0.2, 0.25) is 5.91 Å². The molecule has 106 valence electrons. The van der Waals surface area contributed by atoms with Gasteiger partial charge in [-0.05, 0) is 60.5 Å².